The molecule has 0 atom stereocenters. The molecule has 0 unspecified atom stereocenters. The van der Waals surface area contributed by atoms with Crippen molar-refractivity contribution in [1.29, 1.82) is 0 Å². The molecule has 4 heteroatoms. The van der Waals surface area contributed by atoms with Gasteiger partial charge in [0.15, 0.2) is 5.82 Å². The molecule has 4 nitrogen and oxygen atoms in total. The third-order valence-corrected chi connectivity index (χ3v) is 3.24. The highest BCUT2D eigenvalue weighted by Crippen LogP contribution is 2.20. The van der Waals surface area contributed by atoms with Crippen LogP contribution >= 0.6 is 0 Å². The molecule has 1 aromatic carbocycles. The molecule has 88 valence electrons. The van der Waals surface area contributed by atoms with Crippen molar-refractivity contribution < 1.29 is 0 Å². The van der Waals surface area contributed by atoms with Gasteiger partial charge in [0, 0.05) is 18.7 Å². The van der Waals surface area contributed by atoms with Gasteiger partial charge in [-0.1, -0.05) is 31.2 Å². The summed E-state index contributed by atoms with van der Waals surface area (Å²) in [6.45, 7) is 4.93. The van der Waals surface area contributed by atoms with E-state index in [4.69, 9.17) is 0 Å². The summed E-state index contributed by atoms with van der Waals surface area (Å²) in [4.78, 5) is 0. The fourth-order valence-corrected chi connectivity index (χ4v) is 2.20. The Morgan fingerprint density at radius 3 is 2.82 bits per heavy atom. The van der Waals surface area contributed by atoms with E-state index in [0.29, 0.717) is 0 Å². The van der Waals surface area contributed by atoms with E-state index in [0.717, 1.165) is 43.3 Å². The Hall–Kier alpha value is -1.68. The van der Waals surface area contributed by atoms with Gasteiger partial charge in [0.25, 0.3) is 0 Å². The van der Waals surface area contributed by atoms with E-state index in [9.17, 15) is 0 Å². The molecular formula is C13H16N4. The maximum atomic E-state index is 4.30. The number of hydrogen-bond donors (Lipinski definition) is 1. The van der Waals surface area contributed by atoms with Gasteiger partial charge in [0.1, 0.15) is 5.82 Å². The molecule has 1 aromatic heterocycles. The van der Waals surface area contributed by atoms with Gasteiger partial charge in [0.2, 0.25) is 0 Å². The van der Waals surface area contributed by atoms with Crippen LogP contribution in [0.1, 0.15) is 18.3 Å². The van der Waals surface area contributed by atoms with Gasteiger partial charge in [-0.15, -0.1) is 10.2 Å². The predicted molar refractivity (Wildman–Crippen MR) is 66.5 cm³/mol. The van der Waals surface area contributed by atoms with Crippen LogP contribution in [0.3, 0.4) is 0 Å². The first-order valence-electron chi connectivity index (χ1n) is 6.10. The van der Waals surface area contributed by atoms with Gasteiger partial charge in [-0.2, -0.15) is 0 Å². The molecule has 2 aromatic rings. The van der Waals surface area contributed by atoms with Gasteiger partial charge in [0.05, 0.1) is 6.54 Å². The summed E-state index contributed by atoms with van der Waals surface area (Å²) in [6.07, 6.45) is 1.07. The van der Waals surface area contributed by atoms with Gasteiger partial charge >= 0.3 is 0 Å². The van der Waals surface area contributed by atoms with E-state index in [1.54, 1.807) is 0 Å². The molecule has 1 N–H and O–H groups in total. The highest BCUT2D eigenvalue weighted by Gasteiger charge is 2.16. The standard InChI is InChI=1S/C13H16N4/c1-2-10-3-5-11(6-4-10)13-16-15-12-9-14-7-8-17(12)13/h3-6,14H,2,7-9H2,1H3. The summed E-state index contributed by atoms with van der Waals surface area (Å²) in [5.74, 6) is 2.02. The maximum absolute atomic E-state index is 4.30. The normalized spacial score (nSPS) is 14.6. The Morgan fingerprint density at radius 1 is 1.24 bits per heavy atom. The summed E-state index contributed by atoms with van der Waals surface area (Å²) in [7, 11) is 0. The molecule has 2 heterocycles. The monoisotopic (exact) mass is 228 g/mol. The average Bonchev–Trinajstić information content (AvgIpc) is 2.83. The largest absolute Gasteiger partial charge is 0.309 e. The van der Waals surface area contributed by atoms with Crippen molar-refractivity contribution in [2.45, 2.75) is 26.4 Å². The molecule has 0 amide bonds. The second kappa shape index (κ2) is 4.30. The lowest BCUT2D eigenvalue weighted by atomic mass is 10.1. The van der Waals surface area contributed by atoms with Crippen LogP contribution in [0.15, 0.2) is 24.3 Å². The van der Waals surface area contributed by atoms with Gasteiger partial charge in [-0.3, -0.25) is 0 Å². The Morgan fingerprint density at radius 2 is 2.06 bits per heavy atom. The van der Waals surface area contributed by atoms with E-state index in [-0.39, 0.29) is 0 Å². The number of nitrogens with zero attached hydrogens (tertiary/aromatic N) is 3. The van der Waals surface area contributed by atoms with Crippen LogP contribution in [0.25, 0.3) is 11.4 Å². The van der Waals surface area contributed by atoms with E-state index < -0.39 is 0 Å². The first-order chi connectivity index (χ1) is 8.38. The minimum atomic E-state index is 0.819. The van der Waals surface area contributed by atoms with E-state index >= 15 is 0 Å². The lowest BCUT2D eigenvalue weighted by molar-refractivity contribution is 0.508. The number of aryl methyl sites for hydroxylation is 1. The lowest BCUT2D eigenvalue weighted by Crippen LogP contribution is -2.28. The van der Waals surface area contributed by atoms with Crippen molar-refractivity contribution in [3.63, 3.8) is 0 Å². The van der Waals surface area contributed by atoms with Crippen LogP contribution in [0, 0.1) is 0 Å². The molecule has 1 aliphatic heterocycles. The molecule has 0 fully saturated rings. The zero-order valence-corrected chi connectivity index (χ0v) is 9.98. The molecule has 0 bridgehead atoms. The minimum Gasteiger partial charge on any atom is -0.309 e. The number of nitrogens with one attached hydrogen (secondary N) is 1. The zero-order chi connectivity index (χ0) is 11.7. The molecule has 0 saturated heterocycles. The summed E-state index contributed by atoms with van der Waals surface area (Å²) < 4.78 is 2.21. The number of fused-ring (bicyclic) bond motifs is 1. The van der Waals surface area contributed by atoms with Crippen molar-refractivity contribution in [3.8, 4) is 11.4 Å². The van der Waals surface area contributed by atoms with Crippen LogP contribution in [0.2, 0.25) is 0 Å². The molecule has 3 rings (SSSR count). The smallest absolute Gasteiger partial charge is 0.164 e. The van der Waals surface area contributed by atoms with Crippen molar-refractivity contribution in [2.24, 2.45) is 0 Å². The number of hydrogen-bond acceptors (Lipinski definition) is 3. The molecule has 0 radical (unpaired) electrons. The molecule has 17 heavy (non-hydrogen) atoms. The predicted octanol–water partition coefficient (Wildman–Crippen LogP) is 1.61. The van der Waals surface area contributed by atoms with Crippen molar-refractivity contribution in [1.82, 2.24) is 20.1 Å². The number of aromatic nitrogens is 3. The fourth-order valence-electron chi connectivity index (χ4n) is 2.20. The Bertz CT molecular complexity index is 513. The first-order valence-corrected chi connectivity index (χ1v) is 6.10. The molecule has 0 spiro atoms. The van der Waals surface area contributed by atoms with Crippen molar-refractivity contribution in [3.05, 3.63) is 35.7 Å². The summed E-state index contributed by atoms with van der Waals surface area (Å²) >= 11 is 0. The minimum absolute atomic E-state index is 0.819. The van der Waals surface area contributed by atoms with Gasteiger partial charge < -0.3 is 9.88 Å². The maximum Gasteiger partial charge on any atom is 0.164 e. The van der Waals surface area contributed by atoms with Crippen molar-refractivity contribution in [2.75, 3.05) is 6.54 Å². The molecule has 1 aliphatic rings. The summed E-state index contributed by atoms with van der Waals surface area (Å²) in [5.41, 5.74) is 2.51. The second-order valence-electron chi connectivity index (χ2n) is 4.32. The highest BCUT2D eigenvalue weighted by molar-refractivity contribution is 5.56. The summed E-state index contributed by atoms with van der Waals surface area (Å²) in [5, 5.41) is 11.8. The topological polar surface area (TPSA) is 42.7 Å². The molecule has 0 saturated carbocycles. The SMILES string of the molecule is CCc1ccc(-c2nnc3n2CCNC3)cc1. The zero-order valence-electron chi connectivity index (χ0n) is 9.98. The van der Waals surface area contributed by atoms with Gasteiger partial charge in [-0.05, 0) is 12.0 Å². The van der Waals surface area contributed by atoms with E-state index in [1.165, 1.54) is 5.56 Å². The third-order valence-electron chi connectivity index (χ3n) is 3.24. The van der Waals surface area contributed by atoms with E-state index in [2.05, 4.69) is 51.3 Å². The Labute approximate surface area is 101 Å². The highest BCUT2D eigenvalue weighted by atomic mass is 15.3. The number of rotatable bonds is 2. The fraction of sp³-hybridized carbons (Fsp3) is 0.385. The van der Waals surface area contributed by atoms with Crippen LogP contribution in [0.4, 0.5) is 0 Å². The Kier molecular flexibility index (Phi) is 2.65. The van der Waals surface area contributed by atoms with Crippen LogP contribution in [-0.4, -0.2) is 21.3 Å². The molecule has 0 aliphatic carbocycles. The van der Waals surface area contributed by atoms with Crippen LogP contribution < -0.4 is 5.32 Å². The quantitative estimate of drug-likeness (QED) is 0.849. The van der Waals surface area contributed by atoms with E-state index in [1.807, 2.05) is 0 Å². The lowest BCUT2D eigenvalue weighted by Gasteiger charge is -2.16. The Balaban J connectivity index is 2.00. The first kappa shape index (κ1) is 10.5. The second-order valence-corrected chi connectivity index (χ2v) is 4.32. The van der Waals surface area contributed by atoms with Gasteiger partial charge in [-0.25, -0.2) is 0 Å². The molecular weight excluding hydrogens is 212 g/mol. The third kappa shape index (κ3) is 1.85. The number of benzene rings is 1. The van der Waals surface area contributed by atoms with Crippen LogP contribution in [0.5, 0.6) is 0 Å². The average molecular weight is 228 g/mol. The van der Waals surface area contributed by atoms with Crippen molar-refractivity contribution >= 4 is 0 Å². The van der Waals surface area contributed by atoms with Crippen LogP contribution in [-0.2, 0) is 19.5 Å². The summed E-state index contributed by atoms with van der Waals surface area (Å²) in [6, 6.07) is 8.60.